The molecule has 2 aromatic rings. The van der Waals surface area contributed by atoms with Crippen LogP contribution in [0.25, 0.3) is 0 Å². The molecule has 124 valence electrons. The highest BCUT2D eigenvalue weighted by Crippen LogP contribution is 2.29. The van der Waals surface area contributed by atoms with E-state index in [0.717, 1.165) is 36.2 Å². The Bertz CT molecular complexity index is 741. The first-order chi connectivity index (χ1) is 11.6. The highest BCUT2D eigenvalue weighted by molar-refractivity contribution is 5.88. The molecule has 5 nitrogen and oxygen atoms in total. The third-order valence-corrected chi connectivity index (χ3v) is 4.25. The van der Waals surface area contributed by atoms with Crippen LogP contribution in [0.5, 0.6) is 0 Å². The number of carbonyl (C=O) groups is 2. The van der Waals surface area contributed by atoms with E-state index in [-0.39, 0.29) is 17.7 Å². The lowest BCUT2D eigenvalue weighted by molar-refractivity contribution is -0.123. The van der Waals surface area contributed by atoms with E-state index in [2.05, 4.69) is 21.7 Å². The summed E-state index contributed by atoms with van der Waals surface area (Å²) < 4.78 is 0. The number of fused-ring (bicyclic) bond motifs is 1. The van der Waals surface area contributed by atoms with Crippen LogP contribution in [0, 0.1) is 0 Å². The van der Waals surface area contributed by atoms with Crippen molar-refractivity contribution in [1.29, 1.82) is 0 Å². The molecule has 1 aliphatic carbocycles. The van der Waals surface area contributed by atoms with Crippen molar-refractivity contribution in [2.45, 2.75) is 38.6 Å². The molecule has 3 rings (SSSR count). The molecule has 0 fully saturated rings. The van der Waals surface area contributed by atoms with Gasteiger partial charge in [0.05, 0.1) is 11.6 Å². The first-order valence-electron chi connectivity index (χ1n) is 8.21. The molecule has 0 radical (unpaired) electrons. The molecule has 0 bridgehead atoms. The number of benzene rings is 1. The van der Waals surface area contributed by atoms with Gasteiger partial charge in [0.15, 0.2) is 0 Å². The Morgan fingerprint density at radius 1 is 1.21 bits per heavy atom. The monoisotopic (exact) mass is 323 g/mol. The van der Waals surface area contributed by atoms with E-state index in [0.29, 0.717) is 6.54 Å². The Balaban J connectivity index is 1.61. The van der Waals surface area contributed by atoms with Crippen LogP contribution in [0.4, 0.5) is 5.69 Å². The van der Waals surface area contributed by atoms with Crippen LogP contribution < -0.4 is 10.6 Å². The quantitative estimate of drug-likeness (QED) is 0.909. The Morgan fingerprint density at radius 3 is 2.75 bits per heavy atom. The van der Waals surface area contributed by atoms with Crippen molar-refractivity contribution < 1.29 is 9.59 Å². The minimum absolute atomic E-state index is 0.0283. The summed E-state index contributed by atoms with van der Waals surface area (Å²) in [6.07, 6.45) is 4.61. The molecule has 1 aromatic carbocycles. The van der Waals surface area contributed by atoms with Crippen LogP contribution >= 0.6 is 0 Å². The Morgan fingerprint density at radius 2 is 2.00 bits per heavy atom. The van der Waals surface area contributed by atoms with E-state index in [1.165, 1.54) is 12.5 Å². The molecule has 5 heteroatoms. The van der Waals surface area contributed by atoms with Crippen molar-refractivity contribution in [3.8, 4) is 0 Å². The maximum atomic E-state index is 12.5. The molecule has 1 heterocycles. The molecule has 1 aromatic heterocycles. The molecular weight excluding hydrogens is 302 g/mol. The number of aromatic nitrogens is 1. The van der Waals surface area contributed by atoms with Crippen molar-refractivity contribution in [1.82, 2.24) is 10.3 Å². The molecule has 1 unspecified atom stereocenters. The molecule has 0 saturated heterocycles. The summed E-state index contributed by atoms with van der Waals surface area (Å²) in [5.41, 5.74) is 3.85. The Hall–Kier alpha value is -2.69. The van der Waals surface area contributed by atoms with Gasteiger partial charge in [-0.3, -0.25) is 14.6 Å². The minimum atomic E-state index is -0.159. The number of amides is 2. The summed E-state index contributed by atoms with van der Waals surface area (Å²) >= 11 is 0. The normalized spacial score (nSPS) is 16.1. The topological polar surface area (TPSA) is 71.1 Å². The number of hydrogen-bond donors (Lipinski definition) is 2. The lowest BCUT2D eigenvalue weighted by atomic mass is 9.86. The maximum absolute atomic E-state index is 12.5. The van der Waals surface area contributed by atoms with Gasteiger partial charge in [-0.05, 0) is 48.6 Å². The molecule has 0 aliphatic heterocycles. The maximum Gasteiger partial charge on any atom is 0.229 e. The first kappa shape index (κ1) is 16.2. The van der Waals surface area contributed by atoms with Gasteiger partial charge < -0.3 is 10.6 Å². The number of nitrogens with one attached hydrogen (secondary N) is 2. The highest BCUT2D eigenvalue weighted by atomic mass is 16.2. The summed E-state index contributed by atoms with van der Waals surface area (Å²) in [5, 5.41) is 5.73. The zero-order chi connectivity index (χ0) is 16.9. The van der Waals surface area contributed by atoms with Crippen molar-refractivity contribution in [3.63, 3.8) is 0 Å². The zero-order valence-electron chi connectivity index (χ0n) is 13.7. The zero-order valence-corrected chi connectivity index (χ0v) is 13.7. The lowest BCUT2D eigenvalue weighted by Gasteiger charge is -2.23. The van der Waals surface area contributed by atoms with Gasteiger partial charge in [0.2, 0.25) is 11.8 Å². The average molecular weight is 323 g/mol. The summed E-state index contributed by atoms with van der Waals surface area (Å²) in [7, 11) is 0. The van der Waals surface area contributed by atoms with Crippen LogP contribution in [0.15, 0.2) is 42.6 Å². The van der Waals surface area contributed by atoms with Crippen molar-refractivity contribution in [2.24, 2.45) is 0 Å². The fourth-order valence-electron chi connectivity index (χ4n) is 3.09. The Labute approximate surface area is 141 Å². The third kappa shape index (κ3) is 3.79. The van der Waals surface area contributed by atoms with Crippen molar-refractivity contribution >= 4 is 17.5 Å². The average Bonchev–Trinajstić information content (AvgIpc) is 2.60. The number of rotatable bonds is 4. The van der Waals surface area contributed by atoms with Crippen LogP contribution in [-0.2, 0) is 22.6 Å². The number of pyridine rings is 1. The van der Waals surface area contributed by atoms with E-state index in [4.69, 9.17) is 0 Å². The molecule has 24 heavy (non-hydrogen) atoms. The fraction of sp³-hybridized carbons (Fsp3) is 0.316. The number of nitrogens with zero attached hydrogens (tertiary/aromatic N) is 1. The van der Waals surface area contributed by atoms with Gasteiger partial charge in [0.25, 0.3) is 0 Å². The lowest BCUT2D eigenvalue weighted by Crippen LogP contribution is -2.31. The largest absolute Gasteiger partial charge is 0.351 e. The van der Waals surface area contributed by atoms with Gasteiger partial charge in [0, 0.05) is 25.4 Å². The predicted molar refractivity (Wildman–Crippen MR) is 92.5 cm³/mol. The van der Waals surface area contributed by atoms with Gasteiger partial charge >= 0.3 is 0 Å². The van der Waals surface area contributed by atoms with E-state index >= 15 is 0 Å². The molecule has 1 atom stereocenters. The third-order valence-electron chi connectivity index (χ3n) is 4.25. The van der Waals surface area contributed by atoms with Crippen LogP contribution in [-0.4, -0.2) is 16.8 Å². The van der Waals surface area contributed by atoms with Gasteiger partial charge in [-0.25, -0.2) is 0 Å². The van der Waals surface area contributed by atoms with E-state index < -0.39 is 0 Å². The van der Waals surface area contributed by atoms with Crippen LogP contribution in [0.1, 0.15) is 42.5 Å². The molecule has 0 saturated carbocycles. The fourth-order valence-corrected chi connectivity index (χ4v) is 3.09. The highest BCUT2D eigenvalue weighted by Gasteiger charge is 2.27. The van der Waals surface area contributed by atoms with E-state index in [1.54, 1.807) is 6.20 Å². The molecule has 2 N–H and O–H groups in total. The molecule has 0 spiro atoms. The molecule has 1 aliphatic rings. The van der Waals surface area contributed by atoms with E-state index in [1.807, 2.05) is 30.3 Å². The first-order valence-corrected chi connectivity index (χ1v) is 8.21. The van der Waals surface area contributed by atoms with Gasteiger partial charge in [-0.2, -0.15) is 0 Å². The summed E-state index contributed by atoms with van der Waals surface area (Å²) in [4.78, 5) is 28.0. The SMILES string of the molecule is CC(=O)Nc1ccc(CNC(=O)C2CCCc3cccnc32)cc1. The van der Waals surface area contributed by atoms with Crippen molar-refractivity contribution in [2.75, 3.05) is 5.32 Å². The predicted octanol–water partition coefficient (Wildman–Crippen LogP) is 2.78. The number of carbonyl (C=O) groups excluding carboxylic acids is 2. The number of aryl methyl sites for hydroxylation is 1. The van der Waals surface area contributed by atoms with Gasteiger partial charge in [0.1, 0.15) is 0 Å². The summed E-state index contributed by atoms with van der Waals surface area (Å²) in [5.74, 6) is -0.228. The van der Waals surface area contributed by atoms with Crippen LogP contribution in [0.3, 0.4) is 0 Å². The molecular formula is C19H21N3O2. The summed E-state index contributed by atoms with van der Waals surface area (Å²) in [6, 6.07) is 11.5. The standard InChI is InChI=1S/C19H21N3O2/c1-13(23)22-16-9-7-14(8-10-16)12-21-19(24)17-6-2-4-15-5-3-11-20-18(15)17/h3,5,7-11,17H,2,4,6,12H2,1H3,(H,21,24)(H,22,23). The van der Waals surface area contributed by atoms with E-state index in [9.17, 15) is 9.59 Å². The minimum Gasteiger partial charge on any atom is -0.351 e. The smallest absolute Gasteiger partial charge is 0.229 e. The van der Waals surface area contributed by atoms with Crippen LogP contribution in [0.2, 0.25) is 0 Å². The second kappa shape index (κ2) is 7.25. The molecule has 2 amide bonds. The van der Waals surface area contributed by atoms with Gasteiger partial charge in [-0.15, -0.1) is 0 Å². The second-order valence-corrected chi connectivity index (χ2v) is 6.09. The van der Waals surface area contributed by atoms with Gasteiger partial charge in [-0.1, -0.05) is 18.2 Å². The Kier molecular flexibility index (Phi) is 4.89. The number of anilines is 1. The second-order valence-electron chi connectivity index (χ2n) is 6.09. The van der Waals surface area contributed by atoms with Crippen molar-refractivity contribution in [3.05, 3.63) is 59.4 Å². The number of hydrogen-bond acceptors (Lipinski definition) is 3. The summed E-state index contributed by atoms with van der Waals surface area (Å²) in [6.45, 7) is 1.95.